The van der Waals surface area contributed by atoms with Gasteiger partial charge in [-0.05, 0) is 83.4 Å². The van der Waals surface area contributed by atoms with E-state index in [9.17, 15) is 21.2 Å². The zero-order valence-corrected chi connectivity index (χ0v) is 26.6. The summed E-state index contributed by atoms with van der Waals surface area (Å²) in [5.41, 5.74) is 8.64. The number of rotatable bonds is 10. The summed E-state index contributed by atoms with van der Waals surface area (Å²) in [4.78, 5) is 9.22. The van der Waals surface area contributed by atoms with Crippen molar-refractivity contribution in [2.75, 3.05) is 28.7 Å². The molecule has 0 atom stereocenters. The molecule has 11 nitrogen and oxygen atoms in total. The van der Waals surface area contributed by atoms with E-state index in [0.29, 0.717) is 32.7 Å². The number of nitrogens with one attached hydrogen (secondary N) is 3. The van der Waals surface area contributed by atoms with Gasteiger partial charge in [-0.2, -0.15) is 20.2 Å². The maximum atomic E-state index is 14.1. The molecular weight excluding hydrogens is 661 g/mol. The van der Waals surface area contributed by atoms with Crippen molar-refractivity contribution in [2.24, 2.45) is 10.2 Å². The van der Waals surface area contributed by atoms with Gasteiger partial charge in [0.2, 0.25) is 5.95 Å². The highest BCUT2D eigenvalue weighted by atomic mass is 79.9. The molecule has 0 bridgehead atoms. The number of hydrogen-bond donors (Lipinski definition) is 3. The number of aromatic nitrogens is 2. The SMILES string of the molecule is CC(=NNc1cc(NN=C(C)c2ccc(S(C)(=O)=O)cc2)nc(Nc2ccc(Br)c(F)c2)n1)c1ccc(S(C)(=O)=O)cc1. The summed E-state index contributed by atoms with van der Waals surface area (Å²) >= 11 is 3.13. The van der Waals surface area contributed by atoms with Crippen molar-refractivity contribution in [1.82, 2.24) is 9.97 Å². The van der Waals surface area contributed by atoms with Crippen LogP contribution in [0.3, 0.4) is 0 Å². The van der Waals surface area contributed by atoms with Crippen LogP contribution >= 0.6 is 15.9 Å². The van der Waals surface area contributed by atoms with Crippen LogP contribution in [0.15, 0.2) is 97.3 Å². The number of benzene rings is 3. The monoisotopic (exact) mass is 687 g/mol. The van der Waals surface area contributed by atoms with E-state index in [0.717, 1.165) is 12.5 Å². The molecule has 15 heteroatoms. The molecule has 0 saturated heterocycles. The van der Waals surface area contributed by atoms with Crippen molar-refractivity contribution < 1.29 is 21.2 Å². The van der Waals surface area contributed by atoms with E-state index in [4.69, 9.17) is 0 Å². The van der Waals surface area contributed by atoms with Crippen molar-refractivity contribution in [2.45, 2.75) is 23.6 Å². The van der Waals surface area contributed by atoms with Crippen LogP contribution in [0.1, 0.15) is 25.0 Å². The van der Waals surface area contributed by atoms with E-state index in [1.54, 1.807) is 56.3 Å². The molecule has 0 spiro atoms. The van der Waals surface area contributed by atoms with E-state index >= 15 is 0 Å². The van der Waals surface area contributed by atoms with Crippen LogP contribution in [0.4, 0.5) is 27.7 Å². The Morgan fingerprint density at radius 1 is 0.721 bits per heavy atom. The van der Waals surface area contributed by atoms with E-state index in [2.05, 4.69) is 52.3 Å². The summed E-state index contributed by atoms with van der Waals surface area (Å²) in [6.07, 6.45) is 2.28. The minimum Gasteiger partial charge on any atom is -0.324 e. The Labute approximate surface area is 257 Å². The van der Waals surface area contributed by atoms with Crippen LogP contribution in [0.5, 0.6) is 0 Å². The zero-order chi connectivity index (χ0) is 31.4. The predicted octanol–water partition coefficient (Wildman–Crippen LogP) is 5.60. The molecule has 4 aromatic rings. The first-order valence-corrected chi connectivity index (χ1v) is 17.1. The Hall–Kier alpha value is -4.21. The quantitative estimate of drug-likeness (QED) is 0.143. The smallest absolute Gasteiger partial charge is 0.231 e. The van der Waals surface area contributed by atoms with Gasteiger partial charge in [0.1, 0.15) is 5.82 Å². The molecule has 0 radical (unpaired) electrons. The van der Waals surface area contributed by atoms with Crippen LogP contribution in [-0.4, -0.2) is 50.7 Å². The summed E-state index contributed by atoms with van der Waals surface area (Å²) in [7, 11) is -6.65. The lowest BCUT2D eigenvalue weighted by molar-refractivity contribution is 0.600. The predicted molar refractivity (Wildman–Crippen MR) is 170 cm³/mol. The van der Waals surface area contributed by atoms with Crippen LogP contribution in [0.25, 0.3) is 0 Å². The van der Waals surface area contributed by atoms with Crippen LogP contribution in [0.2, 0.25) is 0 Å². The third kappa shape index (κ3) is 8.65. The molecule has 3 aromatic carbocycles. The summed E-state index contributed by atoms with van der Waals surface area (Å²) in [6.45, 7) is 3.49. The van der Waals surface area contributed by atoms with E-state index < -0.39 is 25.5 Å². The summed E-state index contributed by atoms with van der Waals surface area (Å²) in [5.74, 6) is 0.192. The number of sulfone groups is 2. The number of halogens is 2. The normalized spacial score (nSPS) is 12.6. The van der Waals surface area contributed by atoms with Crippen molar-refractivity contribution in [3.05, 3.63) is 94.2 Å². The highest BCUT2D eigenvalue weighted by molar-refractivity contribution is 9.10. The zero-order valence-electron chi connectivity index (χ0n) is 23.4. The van der Waals surface area contributed by atoms with E-state index in [1.807, 2.05) is 0 Å². The summed E-state index contributed by atoms with van der Waals surface area (Å²) < 4.78 is 61.4. The Kier molecular flexibility index (Phi) is 9.57. The van der Waals surface area contributed by atoms with Gasteiger partial charge in [-0.15, -0.1) is 0 Å². The van der Waals surface area contributed by atoms with Crippen LogP contribution < -0.4 is 16.2 Å². The standard InChI is InChI=1S/C28H27BrFN7O4S2/c1-17(19-5-10-22(11-6-19)42(3,38)39)34-36-26-16-27(33-28(32-26)31-21-9-14-24(29)25(30)15-21)37-35-18(2)20-7-12-23(13-8-20)43(4,40)41/h5-16H,1-4H3,(H3,31,32,33,36,37). The fraction of sp³-hybridized carbons (Fsp3) is 0.143. The molecule has 3 N–H and O–H groups in total. The van der Waals surface area contributed by atoms with Gasteiger partial charge in [-0.25, -0.2) is 21.2 Å². The molecule has 0 saturated carbocycles. The highest BCUT2D eigenvalue weighted by Crippen LogP contribution is 2.23. The highest BCUT2D eigenvalue weighted by Gasteiger charge is 2.10. The molecule has 1 aromatic heterocycles. The fourth-order valence-electron chi connectivity index (χ4n) is 3.62. The molecule has 0 aliphatic heterocycles. The van der Waals surface area contributed by atoms with Crippen molar-refractivity contribution >= 4 is 70.3 Å². The number of nitrogens with zero attached hydrogens (tertiary/aromatic N) is 4. The van der Waals surface area contributed by atoms with Gasteiger partial charge in [-0.3, -0.25) is 10.9 Å². The van der Waals surface area contributed by atoms with Crippen molar-refractivity contribution in [3.8, 4) is 0 Å². The number of anilines is 4. The fourth-order valence-corrected chi connectivity index (χ4v) is 5.13. The molecule has 0 unspecified atom stereocenters. The Bertz CT molecular complexity index is 1820. The molecule has 1 heterocycles. The summed E-state index contributed by atoms with van der Waals surface area (Å²) in [6, 6.07) is 18.7. The molecule has 4 rings (SSSR count). The largest absolute Gasteiger partial charge is 0.324 e. The van der Waals surface area contributed by atoms with Gasteiger partial charge in [0.25, 0.3) is 0 Å². The molecule has 43 heavy (non-hydrogen) atoms. The van der Waals surface area contributed by atoms with Gasteiger partial charge in [-0.1, -0.05) is 24.3 Å². The van der Waals surface area contributed by atoms with Gasteiger partial charge < -0.3 is 5.32 Å². The topological polar surface area (TPSA) is 155 Å². The van der Waals surface area contributed by atoms with E-state index in [-0.39, 0.29) is 27.4 Å². The number of hydrogen-bond acceptors (Lipinski definition) is 11. The second-order valence-electron chi connectivity index (χ2n) is 9.43. The lowest BCUT2D eigenvalue weighted by Gasteiger charge is -2.11. The molecule has 0 amide bonds. The van der Waals surface area contributed by atoms with E-state index in [1.165, 1.54) is 30.3 Å². The maximum Gasteiger partial charge on any atom is 0.231 e. The molecule has 0 aliphatic rings. The third-order valence-electron chi connectivity index (χ3n) is 5.98. The first kappa shape index (κ1) is 31.7. The minimum atomic E-state index is -3.33. The number of hydrazone groups is 2. The third-order valence-corrected chi connectivity index (χ3v) is 8.88. The Balaban J connectivity index is 1.61. The summed E-state index contributed by atoms with van der Waals surface area (Å²) in [5, 5.41) is 11.7. The lowest BCUT2D eigenvalue weighted by atomic mass is 10.1. The van der Waals surface area contributed by atoms with Crippen molar-refractivity contribution in [3.63, 3.8) is 0 Å². The maximum absolute atomic E-state index is 14.1. The molecule has 0 aliphatic carbocycles. The minimum absolute atomic E-state index is 0.116. The van der Waals surface area contributed by atoms with Crippen LogP contribution in [-0.2, 0) is 19.7 Å². The first-order chi connectivity index (χ1) is 20.2. The van der Waals surface area contributed by atoms with Gasteiger partial charge in [0.15, 0.2) is 31.3 Å². The Morgan fingerprint density at radius 3 is 1.56 bits per heavy atom. The van der Waals surface area contributed by atoms with Gasteiger partial charge >= 0.3 is 0 Å². The van der Waals surface area contributed by atoms with Gasteiger partial charge in [0, 0.05) is 24.3 Å². The molecule has 0 fully saturated rings. The Morgan fingerprint density at radius 2 is 1.16 bits per heavy atom. The molecule has 224 valence electrons. The average Bonchev–Trinajstić information content (AvgIpc) is 2.96. The lowest BCUT2D eigenvalue weighted by Crippen LogP contribution is -2.07. The second-order valence-corrected chi connectivity index (χ2v) is 14.3. The first-order valence-electron chi connectivity index (χ1n) is 12.5. The van der Waals surface area contributed by atoms with Crippen molar-refractivity contribution in [1.29, 1.82) is 0 Å². The average molecular weight is 689 g/mol. The second kappa shape index (κ2) is 13.0. The van der Waals surface area contributed by atoms with Crippen LogP contribution in [0, 0.1) is 5.82 Å². The van der Waals surface area contributed by atoms with Gasteiger partial charge in [0.05, 0.1) is 25.7 Å². The molecular formula is C28H27BrFN7O4S2.